The first-order valence-electron chi connectivity index (χ1n) is 7.48. The number of hydrogen-bond acceptors (Lipinski definition) is 6. The number of nitrogens with zero attached hydrogens (tertiary/aromatic N) is 3. The van der Waals surface area contributed by atoms with E-state index in [1.54, 1.807) is 30.3 Å². The van der Waals surface area contributed by atoms with E-state index >= 15 is 0 Å². The van der Waals surface area contributed by atoms with Gasteiger partial charge in [-0.05, 0) is 29.8 Å². The quantitative estimate of drug-likeness (QED) is 0.512. The molecule has 3 rings (SSSR count). The standard InChI is InChI=1S/C17H13ClFN5O2/c18-14-5-2-6-15(19)13(14)10-26-12-4-1-3-11(7-12)8-20-23-17-22-16(25)9-21-24-17/h1-9H,10H2,(H2,22,23,24,25)/b20-8+. The molecular formula is C17H13ClFN5O2. The normalized spacial score (nSPS) is 10.8. The number of halogens is 2. The Morgan fingerprint density at radius 3 is 2.96 bits per heavy atom. The molecule has 0 unspecified atom stereocenters. The fraction of sp³-hybridized carbons (Fsp3) is 0.0588. The van der Waals surface area contributed by atoms with Crippen molar-refractivity contribution in [3.05, 3.63) is 81.0 Å². The fourth-order valence-corrected chi connectivity index (χ4v) is 2.26. The number of aromatic amines is 1. The summed E-state index contributed by atoms with van der Waals surface area (Å²) in [6.45, 7) is 0.00515. The molecule has 132 valence electrons. The lowest BCUT2D eigenvalue weighted by Crippen LogP contribution is -2.10. The van der Waals surface area contributed by atoms with Crippen LogP contribution in [0.25, 0.3) is 0 Å². The second kappa shape index (κ2) is 8.21. The zero-order valence-electron chi connectivity index (χ0n) is 13.3. The molecule has 1 heterocycles. The molecule has 7 nitrogen and oxygen atoms in total. The van der Waals surface area contributed by atoms with Crippen LogP contribution in [0.4, 0.5) is 10.3 Å². The number of aromatic nitrogens is 3. The summed E-state index contributed by atoms with van der Waals surface area (Å²) in [6, 6.07) is 11.5. The molecule has 0 atom stereocenters. The SMILES string of the molecule is O=c1cnnc(N/N=C/c2cccc(OCc3c(F)cccc3Cl)c2)[nH]1. The highest BCUT2D eigenvalue weighted by Gasteiger charge is 2.07. The molecule has 0 saturated heterocycles. The largest absolute Gasteiger partial charge is 0.489 e. The molecule has 0 radical (unpaired) electrons. The number of nitrogens with one attached hydrogen (secondary N) is 2. The molecule has 0 bridgehead atoms. The van der Waals surface area contributed by atoms with Gasteiger partial charge in [0.2, 0.25) is 5.95 Å². The molecule has 0 spiro atoms. The summed E-state index contributed by atoms with van der Waals surface area (Å²) < 4.78 is 19.4. The third kappa shape index (κ3) is 4.64. The highest BCUT2D eigenvalue weighted by molar-refractivity contribution is 6.31. The third-order valence-corrected chi connectivity index (χ3v) is 3.62. The van der Waals surface area contributed by atoms with Crippen molar-refractivity contribution in [2.24, 2.45) is 5.10 Å². The van der Waals surface area contributed by atoms with Crippen LogP contribution >= 0.6 is 11.6 Å². The Kier molecular flexibility index (Phi) is 5.55. The third-order valence-electron chi connectivity index (χ3n) is 3.26. The van der Waals surface area contributed by atoms with E-state index in [0.29, 0.717) is 16.3 Å². The molecule has 3 aromatic rings. The van der Waals surface area contributed by atoms with Crippen LogP contribution in [-0.2, 0) is 6.61 Å². The number of rotatable bonds is 6. The Bertz CT molecular complexity index is 972. The van der Waals surface area contributed by atoms with Crippen molar-refractivity contribution in [3.8, 4) is 5.75 Å². The Morgan fingerprint density at radius 2 is 2.15 bits per heavy atom. The number of hydrogen-bond donors (Lipinski definition) is 2. The highest BCUT2D eigenvalue weighted by Crippen LogP contribution is 2.21. The van der Waals surface area contributed by atoms with Crippen molar-refractivity contribution < 1.29 is 9.13 Å². The first-order valence-corrected chi connectivity index (χ1v) is 7.86. The van der Waals surface area contributed by atoms with Gasteiger partial charge in [0.05, 0.1) is 11.2 Å². The number of benzene rings is 2. The van der Waals surface area contributed by atoms with Gasteiger partial charge in [0.1, 0.15) is 24.4 Å². The zero-order chi connectivity index (χ0) is 18.4. The molecule has 0 amide bonds. The Hall–Kier alpha value is -3.26. The van der Waals surface area contributed by atoms with Gasteiger partial charge in [-0.15, -0.1) is 10.2 Å². The van der Waals surface area contributed by atoms with Gasteiger partial charge in [0.25, 0.3) is 5.56 Å². The van der Waals surface area contributed by atoms with Crippen LogP contribution in [-0.4, -0.2) is 21.4 Å². The van der Waals surface area contributed by atoms with E-state index in [0.717, 1.165) is 11.8 Å². The van der Waals surface area contributed by atoms with Gasteiger partial charge in [0.15, 0.2) is 0 Å². The van der Waals surface area contributed by atoms with Crippen LogP contribution in [0, 0.1) is 5.82 Å². The number of ether oxygens (including phenoxy) is 1. The summed E-state index contributed by atoms with van der Waals surface area (Å²) in [5, 5.41) is 11.4. The van der Waals surface area contributed by atoms with Crippen LogP contribution < -0.4 is 15.7 Å². The van der Waals surface area contributed by atoms with Crippen molar-refractivity contribution in [3.63, 3.8) is 0 Å². The predicted octanol–water partition coefficient (Wildman–Crippen LogP) is 2.98. The smallest absolute Gasteiger partial charge is 0.271 e. The topological polar surface area (TPSA) is 92.3 Å². The summed E-state index contributed by atoms with van der Waals surface area (Å²) in [7, 11) is 0. The monoisotopic (exact) mass is 373 g/mol. The van der Waals surface area contributed by atoms with Crippen LogP contribution in [0.1, 0.15) is 11.1 Å². The van der Waals surface area contributed by atoms with Crippen LogP contribution in [0.2, 0.25) is 5.02 Å². The Morgan fingerprint density at radius 1 is 1.31 bits per heavy atom. The highest BCUT2D eigenvalue weighted by atomic mass is 35.5. The second-order valence-corrected chi connectivity index (χ2v) is 5.52. The van der Waals surface area contributed by atoms with Crippen molar-refractivity contribution in [2.75, 3.05) is 5.43 Å². The van der Waals surface area contributed by atoms with Crippen molar-refractivity contribution >= 4 is 23.8 Å². The van der Waals surface area contributed by atoms with Crippen molar-refractivity contribution in [2.45, 2.75) is 6.61 Å². The minimum absolute atomic E-state index is 0.00515. The van der Waals surface area contributed by atoms with Gasteiger partial charge < -0.3 is 4.74 Å². The predicted molar refractivity (Wildman–Crippen MR) is 96.1 cm³/mol. The summed E-state index contributed by atoms with van der Waals surface area (Å²) >= 11 is 5.98. The minimum Gasteiger partial charge on any atom is -0.489 e. The Balaban J connectivity index is 1.64. The van der Waals surface area contributed by atoms with Crippen LogP contribution in [0.5, 0.6) is 5.75 Å². The number of hydrazone groups is 1. The lowest BCUT2D eigenvalue weighted by molar-refractivity contribution is 0.300. The van der Waals surface area contributed by atoms with E-state index in [2.05, 4.69) is 25.7 Å². The Labute approximate surface area is 152 Å². The van der Waals surface area contributed by atoms with Gasteiger partial charge in [0, 0.05) is 5.56 Å². The average molecular weight is 374 g/mol. The molecule has 1 aromatic heterocycles. The molecule has 0 fully saturated rings. The van der Waals surface area contributed by atoms with Gasteiger partial charge in [-0.3, -0.25) is 9.78 Å². The molecule has 2 aromatic carbocycles. The second-order valence-electron chi connectivity index (χ2n) is 5.11. The van der Waals surface area contributed by atoms with Gasteiger partial charge >= 0.3 is 0 Å². The maximum absolute atomic E-state index is 13.8. The summed E-state index contributed by atoms with van der Waals surface area (Å²) in [5.74, 6) is 0.230. The lowest BCUT2D eigenvalue weighted by Gasteiger charge is -2.09. The molecular weight excluding hydrogens is 361 g/mol. The van der Waals surface area contributed by atoms with E-state index in [1.165, 1.54) is 18.3 Å². The molecule has 2 N–H and O–H groups in total. The van der Waals surface area contributed by atoms with Crippen LogP contribution in [0.3, 0.4) is 0 Å². The summed E-state index contributed by atoms with van der Waals surface area (Å²) in [4.78, 5) is 13.5. The summed E-state index contributed by atoms with van der Waals surface area (Å²) in [6.07, 6.45) is 2.56. The fourth-order valence-electron chi connectivity index (χ4n) is 2.04. The average Bonchev–Trinajstić information content (AvgIpc) is 2.62. The lowest BCUT2D eigenvalue weighted by atomic mass is 10.2. The number of anilines is 1. The molecule has 0 aliphatic rings. The molecule has 0 aliphatic carbocycles. The summed E-state index contributed by atoms with van der Waals surface area (Å²) in [5.41, 5.74) is 3.19. The van der Waals surface area contributed by atoms with E-state index in [-0.39, 0.29) is 18.1 Å². The van der Waals surface area contributed by atoms with Gasteiger partial charge in [-0.25, -0.2) is 9.82 Å². The molecule has 26 heavy (non-hydrogen) atoms. The maximum Gasteiger partial charge on any atom is 0.271 e. The van der Waals surface area contributed by atoms with Crippen molar-refractivity contribution in [1.29, 1.82) is 0 Å². The minimum atomic E-state index is -0.419. The molecule has 0 saturated carbocycles. The first-order chi connectivity index (χ1) is 12.6. The first kappa shape index (κ1) is 17.6. The van der Waals surface area contributed by atoms with Gasteiger partial charge in [-0.2, -0.15) is 5.10 Å². The zero-order valence-corrected chi connectivity index (χ0v) is 14.1. The molecule has 9 heteroatoms. The van der Waals surface area contributed by atoms with Crippen LogP contribution in [0.15, 0.2) is 58.6 Å². The van der Waals surface area contributed by atoms with Crippen molar-refractivity contribution in [1.82, 2.24) is 15.2 Å². The maximum atomic E-state index is 13.8. The van der Waals surface area contributed by atoms with E-state index in [9.17, 15) is 9.18 Å². The van der Waals surface area contributed by atoms with Gasteiger partial charge in [-0.1, -0.05) is 29.8 Å². The van der Waals surface area contributed by atoms with E-state index in [1.807, 2.05) is 0 Å². The van der Waals surface area contributed by atoms with E-state index < -0.39 is 5.82 Å². The van der Waals surface area contributed by atoms with E-state index in [4.69, 9.17) is 16.3 Å². The molecule has 0 aliphatic heterocycles. The number of H-pyrrole nitrogens is 1.